The lowest BCUT2D eigenvalue weighted by Gasteiger charge is -2.04. The predicted octanol–water partition coefficient (Wildman–Crippen LogP) is 1.50. The number of carbonyl (C=O) groups excluding carboxylic acids is 2. The van der Waals surface area contributed by atoms with Crippen molar-refractivity contribution in [2.24, 2.45) is 0 Å². The van der Waals surface area contributed by atoms with Crippen LogP contribution in [0.25, 0.3) is 0 Å². The standard InChI is InChI=1S/C11H10FO4/c1-2-10(13)16-11(14)7-15-9-5-3-8(12)4-6-9/h3-6H,1-2,7H2. The number of hydrogen-bond donors (Lipinski definition) is 0. The van der Waals surface area contributed by atoms with Gasteiger partial charge in [0.2, 0.25) is 0 Å². The van der Waals surface area contributed by atoms with Crippen LogP contribution in [0.2, 0.25) is 0 Å². The molecule has 0 saturated heterocycles. The number of esters is 2. The zero-order valence-corrected chi connectivity index (χ0v) is 8.44. The Morgan fingerprint density at radius 1 is 1.19 bits per heavy atom. The maximum Gasteiger partial charge on any atom is 0.351 e. The molecule has 1 rings (SSSR count). The van der Waals surface area contributed by atoms with Crippen LogP contribution in [0, 0.1) is 12.7 Å². The fraction of sp³-hybridized carbons (Fsp3) is 0.182. The van der Waals surface area contributed by atoms with Crippen molar-refractivity contribution in [1.82, 2.24) is 0 Å². The van der Waals surface area contributed by atoms with Gasteiger partial charge < -0.3 is 9.47 Å². The molecule has 0 aliphatic rings. The Morgan fingerprint density at radius 2 is 1.81 bits per heavy atom. The number of hydrogen-bond acceptors (Lipinski definition) is 4. The molecular formula is C11H10FO4. The summed E-state index contributed by atoms with van der Waals surface area (Å²) in [4.78, 5) is 21.7. The molecule has 16 heavy (non-hydrogen) atoms. The quantitative estimate of drug-likeness (QED) is 0.575. The van der Waals surface area contributed by atoms with Crippen molar-refractivity contribution in [2.45, 2.75) is 6.42 Å². The smallest absolute Gasteiger partial charge is 0.351 e. The second-order valence-electron chi connectivity index (χ2n) is 2.84. The third-order valence-corrected chi connectivity index (χ3v) is 1.60. The highest BCUT2D eigenvalue weighted by atomic mass is 19.1. The highest BCUT2D eigenvalue weighted by Crippen LogP contribution is 2.10. The summed E-state index contributed by atoms with van der Waals surface area (Å²) < 4.78 is 21.8. The monoisotopic (exact) mass is 225 g/mol. The van der Waals surface area contributed by atoms with Crippen molar-refractivity contribution in [2.75, 3.05) is 6.61 Å². The third-order valence-electron chi connectivity index (χ3n) is 1.60. The first-order valence-electron chi connectivity index (χ1n) is 4.53. The van der Waals surface area contributed by atoms with Crippen molar-refractivity contribution < 1.29 is 23.5 Å². The van der Waals surface area contributed by atoms with E-state index >= 15 is 0 Å². The Morgan fingerprint density at radius 3 is 2.38 bits per heavy atom. The van der Waals surface area contributed by atoms with Crippen molar-refractivity contribution in [3.8, 4) is 5.75 Å². The molecule has 0 atom stereocenters. The van der Waals surface area contributed by atoms with E-state index in [0.717, 1.165) is 0 Å². The molecule has 1 radical (unpaired) electrons. The Balaban J connectivity index is 2.37. The van der Waals surface area contributed by atoms with E-state index in [1.807, 2.05) is 0 Å². The summed E-state index contributed by atoms with van der Waals surface area (Å²) >= 11 is 0. The second kappa shape index (κ2) is 5.85. The number of carbonyl (C=O) groups is 2. The molecule has 4 nitrogen and oxygen atoms in total. The van der Waals surface area contributed by atoms with Gasteiger partial charge in [-0.25, -0.2) is 9.18 Å². The Bertz CT molecular complexity index is 372. The molecule has 0 bridgehead atoms. The van der Waals surface area contributed by atoms with Crippen LogP contribution < -0.4 is 4.74 Å². The number of ether oxygens (including phenoxy) is 2. The summed E-state index contributed by atoms with van der Waals surface area (Å²) in [5.41, 5.74) is 0. The summed E-state index contributed by atoms with van der Waals surface area (Å²) in [5, 5.41) is 0. The van der Waals surface area contributed by atoms with E-state index in [9.17, 15) is 14.0 Å². The third kappa shape index (κ3) is 4.08. The van der Waals surface area contributed by atoms with Gasteiger partial charge in [0.25, 0.3) is 0 Å². The van der Waals surface area contributed by atoms with Gasteiger partial charge in [-0.2, -0.15) is 0 Å². The Kier molecular flexibility index (Phi) is 4.44. The Labute approximate surface area is 92.0 Å². The number of benzene rings is 1. The minimum Gasteiger partial charge on any atom is -0.482 e. The average Bonchev–Trinajstić information content (AvgIpc) is 2.28. The maximum atomic E-state index is 12.5. The van der Waals surface area contributed by atoms with E-state index in [0.29, 0.717) is 5.75 Å². The zero-order valence-electron chi connectivity index (χ0n) is 8.44. The van der Waals surface area contributed by atoms with Crippen LogP contribution in [0.1, 0.15) is 6.42 Å². The molecule has 0 aromatic heterocycles. The van der Waals surface area contributed by atoms with Gasteiger partial charge in [-0.15, -0.1) is 0 Å². The van der Waals surface area contributed by atoms with E-state index < -0.39 is 24.4 Å². The van der Waals surface area contributed by atoms with Crippen LogP contribution in [0.3, 0.4) is 0 Å². The molecule has 1 aromatic rings. The van der Waals surface area contributed by atoms with Crippen LogP contribution >= 0.6 is 0 Å². The maximum absolute atomic E-state index is 12.5. The lowest BCUT2D eigenvalue weighted by molar-refractivity contribution is -0.160. The van der Waals surface area contributed by atoms with Crippen LogP contribution in [0.15, 0.2) is 24.3 Å². The lowest BCUT2D eigenvalue weighted by atomic mass is 10.3. The highest BCUT2D eigenvalue weighted by Gasteiger charge is 2.09. The summed E-state index contributed by atoms with van der Waals surface area (Å²) in [5.74, 6) is -1.60. The Hall–Kier alpha value is -1.91. The van der Waals surface area contributed by atoms with Gasteiger partial charge in [0.1, 0.15) is 11.6 Å². The molecule has 0 spiro atoms. The van der Waals surface area contributed by atoms with Crippen molar-refractivity contribution >= 4 is 11.9 Å². The first-order chi connectivity index (χ1) is 7.61. The molecule has 0 saturated carbocycles. The van der Waals surface area contributed by atoms with E-state index in [2.05, 4.69) is 11.7 Å². The van der Waals surface area contributed by atoms with Gasteiger partial charge in [0, 0.05) is 6.42 Å². The lowest BCUT2D eigenvalue weighted by Crippen LogP contribution is -2.18. The molecule has 0 fully saturated rings. The van der Waals surface area contributed by atoms with E-state index in [1.165, 1.54) is 24.3 Å². The van der Waals surface area contributed by atoms with Gasteiger partial charge in [0.15, 0.2) is 6.61 Å². The zero-order chi connectivity index (χ0) is 12.0. The van der Waals surface area contributed by atoms with Gasteiger partial charge in [-0.3, -0.25) is 4.79 Å². The largest absolute Gasteiger partial charge is 0.482 e. The normalized spacial score (nSPS) is 9.62. The van der Waals surface area contributed by atoms with Gasteiger partial charge in [0.05, 0.1) is 0 Å². The molecule has 0 aliphatic carbocycles. The van der Waals surface area contributed by atoms with Crippen LogP contribution in [0.4, 0.5) is 4.39 Å². The first kappa shape index (κ1) is 12.2. The van der Waals surface area contributed by atoms with Gasteiger partial charge >= 0.3 is 11.9 Å². The fourth-order valence-corrected chi connectivity index (χ4v) is 0.881. The molecule has 0 amide bonds. The molecular weight excluding hydrogens is 215 g/mol. The van der Waals surface area contributed by atoms with Crippen LogP contribution in [0.5, 0.6) is 5.75 Å². The number of halogens is 1. The summed E-state index contributed by atoms with van der Waals surface area (Å²) in [6, 6.07) is 5.13. The van der Waals surface area contributed by atoms with E-state index in [4.69, 9.17) is 4.74 Å². The minimum absolute atomic E-state index is 0.123. The second-order valence-corrected chi connectivity index (χ2v) is 2.84. The van der Waals surface area contributed by atoms with Crippen molar-refractivity contribution in [3.63, 3.8) is 0 Å². The summed E-state index contributed by atoms with van der Waals surface area (Å²) in [6.07, 6.45) is -0.123. The first-order valence-corrected chi connectivity index (χ1v) is 4.53. The molecule has 0 unspecified atom stereocenters. The SMILES string of the molecule is [CH2]CC(=O)OC(=O)COc1ccc(F)cc1. The highest BCUT2D eigenvalue weighted by molar-refractivity contribution is 5.86. The van der Waals surface area contributed by atoms with Crippen LogP contribution in [-0.2, 0) is 14.3 Å². The minimum atomic E-state index is -0.807. The summed E-state index contributed by atoms with van der Waals surface area (Å²) in [7, 11) is 0. The predicted molar refractivity (Wildman–Crippen MR) is 53.0 cm³/mol. The van der Waals surface area contributed by atoms with E-state index in [-0.39, 0.29) is 6.42 Å². The fourth-order valence-electron chi connectivity index (χ4n) is 0.881. The van der Waals surface area contributed by atoms with Crippen molar-refractivity contribution in [1.29, 1.82) is 0 Å². The van der Waals surface area contributed by atoms with Gasteiger partial charge in [-0.1, -0.05) is 0 Å². The summed E-state index contributed by atoms with van der Waals surface area (Å²) in [6.45, 7) is 2.85. The molecule has 5 heteroatoms. The van der Waals surface area contributed by atoms with Gasteiger partial charge in [-0.05, 0) is 31.2 Å². The average molecular weight is 225 g/mol. The number of rotatable bonds is 4. The van der Waals surface area contributed by atoms with Crippen molar-refractivity contribution in [3.05, 3.63) is 37.0 Å². The molecule has 1 aromatic carbocycles. The van der Waals surface area contributed by atoms with E-state index in [1.54, 1.807) is 0 Å². The molecule has 0 heterocycles. The molecule has 85 valence electrons. The molecule has 0 N–H and O–H groups in total. The van der Waals surface area contributed by atoms with Crippen LogP contribution in [-0.4, -0.2) is 18.5 Å². The molecule has 0 aliphatic heterocycles. The topological polar surface area (TPSA) is 52.6 Å².